The molecule has 1 amide bonds. The molecule has 0 atom stereocenters. The van der Waals surface area contributed by atoms with Gasteiger partial charge in [0, 0.05) is 18.6 Å². The van der Waals surface area contributed by atoms with Crippen molar-refractivity contribution in [2.45, 2.75) is 12.7 Å². The number of amides is 1. The van der Waals surface area contributed by atoms with Gasteiger partial charge in [0.25, 0.3) is 5.91 Å². The molecule has 5 nitrogen and oxygen atoms in total. The van der Waals surface area contributed by atoms with Gasteiger partial charge in [-0.25, -0.2) is 4.98 Å². The number of carbonyl (C=O) groups is 1. The largest absolute Gasteiger partial charge is 0.416 e. The molecular formula is C19H13F3N4OS. The second kappa shape index (κ2) is 7.08. The maximum Gasteiger partial charge on any atom is 0.416 e. The van der Waals surface area contributed by atoms with Gasteiger partial charge < -0.3 is 5.32 Å². The minimum atomic E-state index is -4.36. The predicted molar refractivity (Wildman–Crippen MR) is 98.9 cm³/mol. The van der Waals surface area contributed by atoms with Gasteiger partial charge in [-0.1, -0.05) is 29.5 Å². The predicted octanol–water partition coefficient (Wildman–Crippen LogP) is 4.41. The lowest BCUT2D eigenvalue weighted by Gasteiger charge is -2.06. The Kier molecular flexibility index (Phi) is 4.60. The number of halogens is 3. The number of pyridine rings is 1. The lowest BCUT2D eigenvalue weighted by molar-refractivity contribution is -0.137. The Morgan fingerprint density at radius 1 is 1.11 bits per heavy atom. The number of rotatable bonds is 4. The molecule has 142 valence electrons. The van der Waals surface area contributed by atoms with Gasteiger partial charge in [-0.05, 0) is 29.8 Å². The van der Waals surface area contributed by atoms with E-state index in [-0.39, 0.29) is 11.6 Å². The third kappa shape index (κ3) is 3.74. The normalized spacial score (nSPS) is 11.7. The molecule has 0 fully saturated rings. The molecular weight excluding hydrogens is 389 g/mol. The van der Waals surface area contributed by atoms with Gasteiger partial charge >= 0.3 is 6.18 Å². The molecule has 0 saturated carbocycles. The highest BCUT2D eigenvalue weighted by atomic mass is 32.1. The van der Waals surface area contributed by atoms with Gasteiger partial charge in [0.1, 0.15) is 5.69 Å². The number of thiazole rings is 1. The van der Waals surface area contributed by atoms with E-state index in [9.17, 15) is 18.0 Å². The number of carbonyl (C=O) groups excluding carboxylic acids is 1. The molecule has 0 unspecified atom stereocenters. The Morgan fingerprint density at radius 2 is 1.89 bits per heavy atom. The summed E-state index contributed by atoms with van der Waals surface area (Å²) < 4.78 is 39.7. The molecule has 0 aliphatic heterocycles. The molecule has 0 radical (unpaired) electrons. The zero-order valence-electron chi connectivity index (χ0n) is 14.3. The summed E-state index contributed by atoms with van der Waals surface area (Å²) in [5.41, 5.74) is 0.969. The molecule has 0 saturated heterocycles. The van der Waals surface area contributed by atoms with E-state index in [0.717, 1.165) is 22.7 Å². The first kappa shape index (κ1) is 18.2. The standard InChI is InChI=1S/C19H13F3N4OS/c20-19(21,22)13-6-4-12(5-7-13)16-11-26-10-15(25-18(26)28-16)17(27)24-9-14-3-1-2-8-23-14/h1-8,10-11H,9H2,(H,24,27). The van der Waals surface area contributed by atoms with E-state index in [1.807, 2.05) is 12.1 Å². The van der Waals surface area contributed by atoms with Crippen molar-refractivity contribution in [1.82, 2.24) is 19.7 Å². The molecule has 9 heteroatoms. The summed E-state index contributed by atoms with van der Waals surface area (Å²) in [7, 11) is 0. The maximum absolute atomic E-state index is 12.7. The van der Waals surface area contributed by atoms with E-state index >= 15 is 0 Å². The number of benzene rings is 1. The molecule has 3 aromatic heterocycles. The van der Waals surface area contributed by atoms with Crippen LogP contribution < -0.4 is 5.32 Å². The average molecular weight is 402 g/mol. The van der Waals surface area contributed by atoms with Crippen molar-refractivity contribution in [3.8, 4) is 10.4 Å². The summed E-state index contributed by atoms with van der Waals surface area (Å²) >= 11 is 1.29. The van der Waals surface area contributed by atoms with Crippen LogP contribution in [0.15, 0.2) is 61.1 Å². The van der Waals surface area contributed by atoms with Crippen LogP contribution in [-0.2, 0) is 12.7 Å². The first-order valence-electron chi connectivity index (χ1n) is 8.24. The lowest BCUT2D eigenvalue weighted by Crippen LogP contribution is -2.23. The Balaban J connectivity index is 1.49. The minimum Gasteiger partial charge on any atom is -0.345 e. The van der Waals surface area contributed by atoms with E-state index in [4.69, 9.17) is 0 Å². The number of fused-ring (bicyclic) bond motifs is 1. The van der Waals surface area contributed by atoms with E-state index in [0.29, 0.717) is 17.1 Å². The first-order chi connectivity index (χ1) is 13.4. The van der Waals surface area contributed by atoms with Crippen molar-refractivity contribution in [2.24, 2.45) is 0 Å². The molecule has 0 aliphatic rings. The average Bonchev–Trinajstić information content (AvgIpc) is 3.26. The van der Waals surface area contributed by atoms with Crippen LogP contribution >= 0.6 is 11.3 Å². The highest BCUT2D eigenvalue weighted by Crippen LogP contribution is 2.33. The van der Waals surface area contributed by atoms with Crippen LogP contribution in [0.3, 0.4) is 0 Å². The van der Waals surface area contributed by atoms with Crippen LogP contribution in [0, 0.1) is 0 Å². The van der Waals surface area contributed by atoms with Crippen molar-refractivity contribution >= 4 is 22.2 Å². The summed E-state index contributed by atoms with van der Waals surface area (Å²) in [6.07, 6.45) is 0.620. The number of nitrogens with one attached hydrogen (secondary N) is 1. The Morgan fingerprint density at radius 3 is 2.54 bits per heavy atom. The number of nitrogens with zero attached hydrogens (tertiary/aromatic N) is 3. The van der Waals surface area contributed by atoms with Crippen molar-refractivity contribution in [3.63, 3.8) is 0 Å². The number of hydrogen-bond donors (Lipinski definition) is 1. The quantitative estimate of drug-likeness (QED) is 0.550. The van der Waals surface area contributed by atoms with Gasteiger partial charge in [-0.3, -0.25) is 14.2 Å². The van der Waals surface area contributed by atoms with Crippen LogP contribution in [0.5, 0.6) is 0 Å². The van der Waals surface area contributed by atoms with Crippen LogP contribution in [0.25, 0.3) is 15.4 Å². The molecule has 4 aromatic rings. The third-order valence-corrected chi connectivity index (χ3v) is 5.09. The fourth-order valence-electron chi connectivity index (χ4n) is 2.63. The monoisotopic (exact) mass is 402 g/mol. The van der Waals surface area contributed by atoms with Crippen LogP contribution in [0.4, 0.5) is 13.2 Å². The molecule has 1 N–H and O–H groups in total. The van der Waals surface area contributed by atoms with E-state index in [1.165, 1.54) is 23.5 Å². The molecule has 1 aromatic carbocycles. The highest BCUT2D eigenvalue weighted by Gasteiger charge is 2.30. The Hall–Kier alpha value is -3.20. The number of alkyl halides is 3. The zero-order valence-corrected chi connectivity index (χ0v) is 15.1. The fourth-order valence-corrected chi connectivity index (χ4v) is 3.60. The number of aromatic nitrogens is 3. The third-order valence-electron chi connectivity index (χ3n) is 4.04. The lowest BCUT2D eigenvalue weighted by atomic mass is 10.1. The van der Waals surface area contributed by atoms with Crippen molar-refractivity contribution in [1.29, 1.82) is 0 Å². The highest BCUT2D eigenvalue weighted by molar-refractivity contribution is 7.20. The molecule has 4 rings (SSSR count). The summed E-state index contributed by atoms with van der Waals surface area (Å²) in [6.45, 7) is 0.293. The summed E-state index contributed by atoms with van der Waals surface area (Å²) in [5, 5.41) is 2.75. The Labute approximate surface area is 161 Å². The number of hydrogen-bond acceptors (Lipinski definition) is 4. The van der Waals surface area contributed by atoms with Gasteiger partial charge in [0.2, 0.25) is 0 Å². The van der Waals surface area contributed by atoms with E-state index in [2.05, 4.69) is 15.3 Å². The van der Waals surface area contributed by atoms with Crippen molar-refractivity contribution in [2.75, 3.05) is 0 Å². The van der Waals surface area contributed by atoms with Crippen molar-refractivity contribution in [3.05, 3.63) is 78.0 Å². The molecule has 28 heavy (non-hydrogen) atoms. The SMILES string of the molecule is O=C(NCc1ccccn1)c1cn2cc(-c3ccc(C(F)(F)F)cc3)sc2n1. The van der Waals surface area contributed by atoms with Gasteiger partial charge in [0.15, 0.2) is 4.96 Å². The molecule has 0 spiro atoms. The van der Waals surface area contributed by atoms with Gasteiger partial charge in [0.05, 0.1) is 22.7 Å². The molecule has 3 heterocycles. The zero-order chi connectivity index (χ0) is 19.7. The van der Waals surface area contributed by atoms with Crippen molar-refractivity contribution < 1.29 is 18.0 Å². The second-order valence-electron chi connectivity index (χ2n) is 5.99. The molecule has 0 bridgehead atoms. The first-order valence-corrected chi connectivity index (χ1v) is 9.06. The van der Waals surface area contributed by atoms with Crippen LogP contribution in [0.1, 0.15) is 21.7 Å². The van der Waals surface area contributed by atoms with Gasteiger partial charge in [-0.15, -0.1) is 0 Å². The Bertz CT molecular complexity index is 1090. The van der Waals surface area contributed by atoms with E-state index < -0.39 is 11.7 Å². The van der Waals surface area contributed by atoms with Crippen LogP contribution in [0.2, 0.25) is 0 Å². The molecule has 0 aliphatic carbocycles. The fraction of sp³-hybridized carbons (Fsp3) is 0.105. The summed E-state index contributed by atoms with van der Waals surface area (Å²) in [4.78, 5) is 22.0. The van der Waals surface area contributed by atoms with Gasteiger partial charge in [-0.2, -0.15) is 13.2 Å². The smallest absolute Gasteiger partial charge is 0.345 e. The second-order valence-corrected chi connectivity index (χ2v) is 7.00. The number of imidazole rings is 1. The summed E-state index contributed by atoms with van der Waals surface area (Å²) in [5.74, 6) is -0.322. The van der Waals surface area contributed by atoms with Crippen LogP contribution in [-0.4, -0.2) is 20.3 Å². The summed E-state index contributed by atoms with van der Waals surface area (Å²) in [6, 6.07) is 10.4. The maximum atomic E-state index is 12.7. The minimum absolute atomic E-state index is 0.265. The topological polar surface area (TPSA) is 59.3 Å². The van der Waals surface area contributed by atoms with E-state index in [1.54, 1.807) is 29.1 Å².